The Morgan fingerprint density at radius 2 is 1.59 bits per heavy atom. The SMILES string of the molecule is CCNC1CC(OC(C(F)(F)F)C(F)(F)F)C1. The first-order valence-electron chi connectivity index (χ1n) is 5.16. The molecule has 0 radical (unpaired) electrons. The monoisotopic (exact) mass is 265 g/mol. The lowest BCUT2D eigenvalue weighted by atomic mass is 9.89. The van der Waals surface area contributed by atoms with Crippen molar-refractivity contribution in [2.24, 2.45) is 0 Å². The minimum absolute atomic E-state index is 0.0490. The first-order valence-corrected chi connectivity index (χ1v) is 5.16. The number of halogens is 6. The van der Waals surface area contributed by atoms with Gasteiger partial charge in [0, 0.05) is 6.04 Å². The van der Waals surface area contributed by atoms with Crippen molar-refractivity contribution in [1.82, 2.24) is 5.32 Å². The molecule has 1 aliphatic carbocycles. The molecule has 0 atom stereocenters. The topological polar surface area (TPSA) is 21.3 Å². The molecule has 0 bridgehead atoms. The number of alkyl halides is 6. The molecule has 0 saturated heterocycles. The number of hydrogen-bond acceptors (Lipinski definition) is 2. The highest BCUT2D eigenvalue weighted by molar-refractivity contribution is 4.88. The number of nitrogens with one attached hydrogen (secondary N) is 1. The highest BCUT2D eigenvalue weighted by atomic mass is 19.4. The smallest absolute Gasteiger partial charge is 0.357 e. The van der Waals surface area contributed by atoms with Gasteiger partial charge in [0.25, 0.3) is 0 Å². The van der Waals surface area contributed by atoms with Crippen LogP contribution in [0.4, 0.5) is 26.3 Å². The third kappa shape index (κ3) is 4.02. The molecule has 17 heavy (non-hydrogen) atoms. The fourth-order valence-electron chi connectivity index (χ4n) is 1.66. The van der Waals surface area contributed by atoms with Crippen LogP contribution in [0.2, 0.25) is 0 Å². The molecule has 0 spiro atoms. The van der Waals surface area contributed by atoms with Crippen LogP contribution in [0.1, 0.15) is 19.8 Å². The molecule has 1 fully saturated rings. The lowest BCUT2D eigenvalue weighted by Gasteiger charge is -2.38. The summed E-state index contributed by atoms with van der Waals surface area (Å²) in [6.45, 7) is 2.43. The molecule has 1 rings (SSSR count). The summed E-state index contributed by atoms with van der Waals surface area (Å²) in [5.74, 6) is 0. The van der Waals surface area contributed by atoms with Gasteiger partial charge in [0.15, 0.2) is 0 Å². The average Bonchev–Trinajstić information content (AvgIpc) is 2.03. The third-order valence-electron chi connectivity index (χ3n) is 2.51. The van der Waals surface area contributed by atoms with E-state index in [9.17, 15) is 26.3 Å². The Labute approximate surface area is 94.3 Å². The van der Waals surface area contributed by atoms with Crippen molar-refractivity contribution >= 4 is 0 Å². The second kappa shape index (κ2) is 5.01. The standard InChI is InChI=1S/C9H13F6NO/c1-2-16-5-3-6(4-5)17-7(8(10,11)12)9(13,14)15/h5-7,16H,2-4H2,1H3. The molecule has 0 aromatic heterocycles. The first kappa shape index (κ1) is 14.6. The van der Waals surface area contributed by atoms with Gasteiger partial charge in [-0.25, -0.2) is 0 Å². The maximum atomic E-state index is 12.1. The predicted octanol–water partition coefficient (Wildman–Crippen LogP) is 2.64. The number of hydrogen-bond donors (Lipinski definition) is 1. The maximum Gasteiger partial charge on any atom is 0.423 e. The Bertz CT molecular complexity index is 231. The van der Waals surface area contributed by atoms with E-state index in [4.69, 9.17) is 0 Å². The van der Waals surface area contributed by atoms with E-state index in [1.54, 1.807) is 0 Å². The van der Waals surface area contributed by atoms with Gasteiger partial charge in [0.1, 0.15) is 0 Å². The van der Waals surface area contributed by atoms with Crippen LogP contribution in [0.3, 0.4) is 0 Å². The van der Waals surface area contributed by atoms with Crippen molar-refractivity contribution in [1.29, 1.82) is 0 Å². The maximum absolute atomic E-state index is 12.1. The number of rotatable bonds is 4. The third-order valence-corrected chi connectivity index (χ3v) is 2.51. The fraction of sp³-hybridized carbons (Fsp3) is 1.00. The first-order chi connectivity index (χ1) is 7.64. The second-order valence-corrected chi connectivity index (χ2v) is 3.95. The van der Waals surface area contributed by atoms with Gasteiger partial charge in [0.2, 0.25) is 6.10 Å². The van der Waals surface area contributed by atoms with Crippen LogP contribution in [0.25, 0.3) is 0 Å². The molecule has 2 nitrogen and oxygen atoms in total. The van der Waals surface area contributed by atoms with E-state index in [0.29, 0.717) is 6.54 Å². The summed E-state index contributed by atoms with van der Waals surface area (Å²) in [5, 5.41) is 2.92. The van der Waals surface area contributed by atoms with Crippen LogP contribution >= 0.6 is 0 Å². The molecule has 8 heteroatoms. The fourth-order valence-corrected chi connectivity index (χ4v) is 1.66. The van der Waals surface area contributed by atoms with Crippen molar-refractivity contribution in [2.75, 3.05) is 6.54 Å². The van der Waals surface area contributed by atoms with Crippen molar-refractivity contribution < 1.29 is 31.1 Å². The van der Waals surface area contributed by atoms with Crippen molar-refractivity contribution in [3.8, 4) is 0 Å². The zero-order valence-electron chi connectivity index (χ0n) is 9.03. The van der Waals surface area contributed by atoms with Crippen molar-refractivity contribution in [3.63, 3.8) is 0 Å². The Hall–Kier alpha value is -0.500. The highest BCUT2D eigenvalue weighted by Crippen LogP contribution is 2.38. The van der Waals surface area contributed by atoms with E-state index in [1.165, 1.54) is 0 Å². The van der Waals surface area contributed by atoms with Gasteiger partial charge in [-0.1, -0.05) is 6.92 Å². The lowest BCUT2D eigenvalue weighted by molar-refractivity contribution is -0.336. The Balaban J connectivity index is 2.48. The van der Waals surface area contributed by atoms with Gasteiger partial charge in [0.05, 0.1) is 6.10 Å². The van der Waals surface area contributed by atoms with Crippen LogP contribution in [0.5, 0.6) is 0 Å². The molecule has 0 aromatic rings. The Morgan fingerprint density at radius 1 is 1.12 bits per heavy atom. The molecule has 1 N–H and O–H groups in total. The highest BCUT2D eigenvalue weighted by Gasteiger charge is 2.59. The molecule has 0 amide bonds. The summed E-state index contributed by atoms with van der Waals surface area (Å²) in [4.78, 5) is 0. The van der Waals surface area contributed by atoms with Crippen LogP contribution in [-0.4, -0.2) is 37.1 Å². The van der Waals surface area contributed by atoms with Crippen LogP contribution in [-0.2, 0) is 4.74 Å². The summed E-state index contributed by atoms with van der Waals surface area (Å²) in [7, 11) is 0. The quantitative estimate of drug-likeness (QED) is 0.789. The Kier molecular flexibility index (Phi) is 4.29. The summed E-state index contributed by atoms with van der Waals surface area (Å²) in [6, 6.07) is -0.0490. The predicted molar refractivity (Wildman–Crippen MR) is 47.5 cm³/mol. The van der Waals surface area contributed by atoms with Gasteiger partial charge in [-0.15, -0.1) is 0 Å². The van der Waals surface area contributed by atoms with Crippen molar-refractivity contribution in [3.05, 3.63) is 0 Å². The Morgan fingerprint density at radius 3 is 1.94 bits per heavy atom. The minimum Gasteiger partial charge on any atom is -0.357 e. The van der Waals surface area contributed by atoms with E-state index in [2.05, 4.69) is 10.1 Å². The number of ether oxygens (including phenoxy) is 1. The second-order valence-electron chi connectivity index (χ2n) is 3.95. The molecule has 1 saturated carbocycles. The van der Waals surface area contributed by atoms with Gasteiger partial charge in [-0.3, -0.25) is 0 Å². The van der Waals surface area contributed by atoms with E-state index in [0.717, 1.165) is 0 Å². The molecule has 0 unspecified atom stereocenters. The van der Waals surface area contributed by atoms with Crippen LogP contribution in [0.15, 0.2) is 0 Å². The summed E-state index contributed by atoms with van der Waals surface area (Å²) >= 11 is 0. The molecular weight excluding hydrogens is 252 g/mol. The molecular formula is C9H13F6NO. The van der Waals surface area contributed by atoms with Gasteiger partial charge in [-0.2, -0.15) is 26.3 Å². The van der Waals surface area contributed by atoms with E-state index in [-0.39, 0.29) is 18.9 Å². The van der Waals surface area contributed by atoms with Gasteiger partial charge in [-0.05, 0) is 19.4 Å². The zero-order valence-corrected chi connectivity index (χ0v) is 9.03. The molecule has 102 valence electrons. The zero-order chi connectivity index (χ0) is 13.3. The molecule has 1 aliphatic rings. The van der Waals surface area contributed by atoms with E-state index in [1.807, 2.05) is 6.92 Å². The van der Waals surface area contributed by atoms with Gasteiger partial charge < -0.3 is 10.1 Å². The summed E-state index contributed by atoms with van der Waals surface area (Å²) < 4.78 is 76.8. The normalized spacial score (nSPS) is 26.1. The van der Waals surface area contributed by atoms with Gasteiger partial charge >= 0.3 is 12.4 Å². The van der Waals surface area contributed by atoms with Crippen LogP contribution < -0.4 is 5.32 Å². The summed E-state index contributed by atoms with van der Waals surface area (Å²) in [6.07, 6.45) is -15.1. The lowest BCUT2D eigenvalue weighted by Crippen LogP contribution is -2.52. The van der Waals surface area contributed by atoms with E-state index >= 15 is 0 Å². The molecule has 0 aromatic carbocycles. The van der Waals surface area contributed by atoms with E-state index < -0.39 is 24.6 Å². The molecule has 0 aliphatic heterocycles. The van der Waals surface area contributed by atoms with Crippen molar-refractivity contribution in [2.45, 2.75) is 50.4 Å². The average molecular weight is 265 g/mol. The summed E-state index contributed by atoms with van der Waals surface area (Å²) in [5.41, 5.74) is 0. The van der Waals surface area contributed by atoms with Crippen LogP contribution in [0, 0.1) is 0 Å². The molecule has 0 heterocycles. The minimum atomic E-state index is -5.42. The largest absolute Gasteiger partial charge is 0.423 e.